The van der Waals surface area contributed by atoms with E-state index in [0.717, 1.165) is 18.4 Å². The predicted octanol–water partition coefficient (Wildman–Crippen LogP) is 0.767. The second-order valence-corrected chi connectivity index (χ2v) is 11.9. The van der Waals surface area contributed by atoms with Gasteiger partial charge in [0.2, 0.25) is 23.6 Å². The number of nitrogens with one attached hydrogen (secondary N) is 3. The Morgan fingerprint density at radius 3 is 2.52 bits per heavy atom. The number of piperidine rings is 1. The van der Waals surface area contributed by atoms with Gasteiger partial charge >= 0.3 is 0 Å². The Kier molecular flexibility index (Phi) is 11.3. The van der Waals surface area contributed by atoms with Crippen molar-refractivity contribution < 1.29 is 29.0 Å². The van der Waals surface area contributed by atoms with Crippen LogP contribution in [0, 0.1) is 0 Å². The topological polar surface area (TPSA) is 163 Å². The molecular formula is C29H45N5O6. The quantitative estimate of drug-likeness (QED) is 0.344. The summed E-state index contributed by atoms with van der Waals surface area (Å²) in [7, 11) is 0. The molecule has 0 saturated carbocycles. The lowest BCUT2D eigenvalue weighted by Crippen LogP contribution is -2.59. The van der Waals surface area contributed by atoms with E-state index in [4.69, 9.17) is 10.5 Å². The molecule has 0 aromatic heterocycles. The molecule has 222 valence electrons. The van der Waals surface area contributed by atoms with Crippen LogP contribution in [-0.4, -0.2) is 83.1 Å². The van der Waals surface area contributed by atoms with Crippen LogP contribution in [0.1, 0.15) is 71.3 Å². The first-order chi connectivity index (χ1) is 18.9. The summed E-state index contributed by atoms with van der Waals surface area (Å²) in [6.07, 6.45) is 2.76. The number of aliphatic hydroxyl groups is 1. The summed E-state index contributed by atoms with van der Waals surface area (Å²) in [6, 6.07) is 5.15. The van der Waals surface area contributed by atoms with Gasteiger partial charge in [0, 0.05) is 18.5 Å². The molecule has 6 N–H and O–H groups in total. The van der Waals surface area contributed by atoms with Gasteiger partial charge in [-0.2, -0.15) is 0 Å². The number of β-amino-alcohol motifs (C(OH)–C–C–N with tert-alkyl or cyclic N) is 1. The number of amides is 4. The van der Waals surface area contributed by atoms with Gasteiger partial charge in [0.05, 0.1) is 31.2 Å². The van der Waals surface area contributed by atoms with Crippen molar-refractivity contribution in [2.24, 2.45) is 5.73 Å². The van der Waals surface area contributed by atoms with Crippen LogP contribution in [0.2, 0.25) is 0 Å². The Balaban J connectivity index is 1.83. The van der Waals surface area contributed by atoms with Crippen LogP contribution in [-0.2, 0) is 25.6 Å². The van der Waals surface area contributed by atoms with Gasteiger partial charge in [-0.1, -0.05) is 18.6 Å². The summed E-state index contributed by atoms with van der Waals surface area (Å²) in [5, 5.41) is 20.0. The summed E-state index contributed by atoms with van der Waals surface area (Å²) in [4.78, 5) is 52.6. The van der Waals surface area contributed by atoms with E-state index in [2.05, 4.69) is 16.0 Å². The number of benzene rings is 1. The van der Waals surface area contributed by atoms with Crippen molar-refractivity contribution in [3.8, 4) is 5.75 Å². The van der Waals surface area contributed by atoms with Gasteiger partial charge in [-0.05, 0) is 77.1 Å². The third-order valence-electron chi connectivity index (χ3n) is 7.13. The first-order valence-electron chi connectivity index (χ1n) is 14.2. The van der Waals surface area contributed by atoms with Gasteiger partial charge in [0.15, 0.2) is 0 Å². The maximum absolute atomic E-state index is 13.3. The van der Waals surface area contributed by atoms with Crippen molar-refractivity contribution in [2.45, 2.75) is 102 Å². The number of nitrogens with two attached hydrogens (primary N) is 1. The molecule has 11 nitrogen and oxygen atoms in total. The number of likely N-dealkylation sites (tertiary alicyclic amines) is 1. The molecule has 11 heteroatoms. The Bertz CT molecular complexity index is 1020. The largest absolute Gasteiger partial charge is 0.494 e. The van der Waals surface area contributed by atoms with Crippen molar-refractivity contribution in [3.05, 3.63) is 29.8 Å². The summed E-state index contributed by atoms with van der Waals surface area (Å²) < 4.78 is 5.77. The zero-order chi connectivity index (χ0) is 29.3. The predicted molar refractivity (Wildman–Crippen MR) is 150 cm³/mol. The molecule has 0 aliphatic carbocycles. The summed E-state index contributed by atoms with van der Waals surface area (Å²) in [6.45, 7) is 7.04. The lowest BCUT2D eigenvalue weighted by Gasteiger charge is -2.39. The minimum absolute atomic E-state index is 0.0822. The molecule has 0 spiro atoms. The average molecular weight is 560 g/mol. The van der Waals surface area contributed by atoms with Crippen LogP contribution in [0.15, 0.2) is 24.3 Å². The first-order valence-corrected chi connectivity index (χ1v) is 14.2. The molecule has 1 fully saturated rings. The number of aliphatic hydroxyl groups excluding tert-OH is 1. The van der Waals surface area contributed by atoms with Crippen LogP contribution < -0.4 is 26.4 Å². The number of fused-ring (bicyclic) bond motifs is 13. The third kappa shape index (κ3) is 10.1. The van der Waals surface area contributed by atoms with Gasteiger partial charge in [-0.25, -0.2) is 0 Å². The van der Waals surface area contributed by atoms with Gasteiger partial charge in [-0.3, -0.25) is 24.1 Å². The average Bonchev–Trinajstić information content (AvgIpc) is 2.87. The van der Waals surface area contributed by atoms with Crippen LogP contribution in [0.5, 0.6) is 5.75 Å². The number of rotatable bonds is 6. The SMILES string of the molecule is CC(C)(C)NC(=O)C1CCCCN1C[C@@H](O)[C@@H]1Cc2ccc(cc2)OCCCCC(=O)N[C@@H](CC(N)=O)C(=O)N1. The number of nitrogens with zero attached hydrogens (tertiary/aromatic N) is 1. The van der Waals surface area contributed by atoms with Crippen molar-refractivity contribution in [2.75, 3.05) is 19.7 Å². The van der Waals surface area contributed by atoms with E-state index in [1.165, 1.54) is 0 Å². The number of primary amides is 1. The molecule has 1 saturated heterocycles. The molecule has 3 heterocycles. The Hall–Kier alpha value is -3.18. The second-order valence-electron chi connectivity index (χ2n) is 11.9. The Labute approximate surface area is 236 Å². The normalized spacial score (nSPS) is 24.4. The molecule has 4 rings (SSSR count). The fraction of sp³-hybridized carbons (Fsp3) is 0.655. The Morgan fingerprint density at radius 1 is 1.12 bits per heavy atom. The number of ether oxygens (including phenoxy) is 1. The van der Waals surface area contributed by atoms with Crippen molar-refractivity contribution >= 4 is 23.6 Å². The van der Waals surface area contributed by atoms with Crippen LogP contribution in [0.25, 0.3) is 0 Å². The molecule has 4 atom stereocenters. The number of hydrogen-bond donors (Lipinski definition) is 5. The van der Waals surface area contributed by atoms with E-state index in [1.54, 1.807) is 0 Å². The van der Waals surface area contributed by atoms with Gasteiger partial charge in [0.1, 0.15) is 11.8 Å². The highest BCUT2D eigenvalue weighted by Crippen LogP contribution is 2.21. The molecule has 2 bridgehead atoms. The number of hydrogen-bond acceptors (Lipinski definition) is 7. The number of carbonyl (C=O) groups is 4. The van der Waals surface area contributed by atoms with E-state index in [0.29, 0.717) is 38.2 Å². The molecule has 0 radical (unpaired) electrons. The van der Waals surface area contributed by atoms with Gasteiger partial charge in [0.25, 0.3) is 0 Å². The molecular weight excluding hydrogens is 514 g/mol. The minimum atomic E-state index is -1.16. The molecule has 3 aliphatic rings. The van der Waals surface area contributed by atoms with E-state index < -0.39 is 30.0 Å². The van der Waals surface area contributed by atoms with E-state index >= 15 is 0 Å². The van der Waals surface area contributed by atoms with Crippen molar-refractivity contribution in [3.63, 3.8) is 0 Å². The molecule has 1 unspecified atom stereocenters. The maximum atomic E-state index is 13.3. The summed E-state index contributed by atoms with van der Waals surface area (Å²) in [5.74, 6) is -1.07. The van der Waals surface area contributed by atoms with Crippen molar-refractivity contribution in [1.82, 2.24) is 20.9 Å². The zero-order valence-corrected chi connectivity index (χ0v) is 23.9. The molecule has 3 aliphatic heterocycles. The van der Waals surface area contributed by atoms with Crippen LogP contribution in [0.3, 0.4) is 0 Å². The highest BCUT2D eigenvalue weighted by Gasteiger charge is 2.35. The van der Waals surface area contributed by atoms with Gasteiger partial charge in [-0.15, -0.1) is 0 Å². The van der Waals surface area contributed by atoms with E-state index in [-0.39, 0.29) is 49.2 Å². The molecule has 40 heavy (non-hydrogen) atoms. The number of carbonyl (C=O) groups excluding carboxylic acids is 4. The highest BCUT2D eigenvalue weighted by atomic mass is 16.5. The van der Waals surface area contributed by atoms with Crippen molar-refractivity contribution in [1.29, 1.82) is 0 Å². The van der Waals surface area contributed by atoms with E-state index in [9.17, 15) is 24.3 Å². The van der Waals surface area contributed by atoms with Crippen LogP contribution in [0.4, 0.5) is 0 Å². The monoisotopic (exact) mass is 559 g/mol. The summed E-state index contributed by atoms with van der Waals surface area (Å²) >= 11 is 0. The smallest absolute Gasteiger partial charge is 0.243 e. The maximum Gasteiger partial charge on any atom is 0.243 e. The van der Waals surface area contributed by atoms with Crippen LogP contribution >= 0.6 is 0 Å². The fourth-order valence-corrected chi connectivity index (χ4v) is 5.12. The summed E-state index contributed by atoms with van der Waals surface area (Å²) in [5.41, 5.74) is 5.86. The minimum Gasteiger partial charge on any atom is -0.494 e. The van der Waals surface area contributed by atoms with Gasteiger partial charge < -0.3 is 31.5 Å². The van der Waals surface area contributed by atoms with E-state index in [1.807, 2.05) is 49.9 Å². The standard InChI is InChI=1S/C29H45N5O6/c1-29(2,3)33-28(39)23-8-4-6-14-34(23)18-24(35)21-16-19-10-12-20(13-11-19)40-15-7-5-9-26(37)31-22(17-25(30)36)27(38)32-21/h10-13,21-24,35H,4-9,14-18H2,1-3H3,(H2,30,36)(H,31,37)(H,32,38)(H,33,39)/t21-,22-,23?,24+/m0/s1. The lowest BCUT2D eigenvalue weighted by molar-refractivity contribution is -0.132. The first kappa shape index (κ1) is 31.3. The third-order valence-corrected chi connectivity index (χ3v) is 7.13. The molecule has 4 amide bonds. The zero-order valence-electron chi connectivity index (χ0n) is 23.9. The molecule has 1 aromatic carbocycles. The molecule has 1 aromatic rings. The highest BCUT2D eigenvalue weighted by molar-refractivity contribution is 5.91. The Morgan fingerprint density at radius 2 is 1.85 bits per heavy atom. The fourth-order valence-electron chi connectivity index (χ4n) is 5.12. The lowest BCUT2D eigenvalue weighted by atomic mass is 9.96. The second kappa shape index (κ2) is 14.5.